The van der Waals surface area contributed by atoms with Gasteiger partial charge in [-0.1, -0.05) is 19.1 Å². The van der Waals surface area contributed by atoms with Gasteiger partial charge in [-0.2, -0.15) is 5.10 Å². The van der Waals surface area contributed by atoms with Crippen LogP contribution in [0.4, 0.5) is 11.5 Å². The Morgan fingerprint density at radius 3 is 2.75 bits per heavy atom. The van der Waals surface area contributed by atoms with Crippen LogP contribution in [0, 0.1) is 0 Å². The van der Waals surface area contributed by atoms with E-state index in [1.807, 2.05) is 45.0 Å². The summed E-state index contributed by atoms with van der Waals surface area (Å²) in [5, 5.41) is 13.0. The molecule has 0 aliphatic heterocycles. The van der Waals surface area contributed by atoms with Gasteiger partial charge in [0.1, 0.15) is 0 Å². The summed E-state index contributed by atoms with van der Waals surface area (Å²) in [4.78, 5) is 12.3. The van der Waals surface area contributed by atoms with Gasteiger partial charge >= 0.3 is 0 Å². The third kappa shape index (κ3) is 3.38. The van der Waals surface area contributed by atoms with Crippen LogP contribution in [0.2, 0.25) is 0 Å². The SMILES string of the molecule is CCc1cc(NC(=O)c2ccccc2NC(C)C)n[nH]1. The van der Waals surface area contributed by atoms with Gasteiger partial charge in [-0.15, -0.1) is 0 Å². The van der Waals surface area contributed by atoms with Crippen LogP contribution in [0.25, 0.3) is 0 Å². The molecule has 20 heavy (non-hydrogen) atoms. The molecule has 1 amide bonds. The molecule has 2 aromatic rings. The maximum Gasteiger partial charge on any atom is 0.258 e. The number of nitrogens with zero attached hydrogens (tertiary/aromatic N) is 1. The van der Waals surface area contributed by atoms with E-state index in [1.165, 1.54) is 0 Å². The fourth-order valence-electron chi connectivity index (χ4n) is 1.91. The van der Waals surface area contributed by atoms with Crippen molar-refractivity contribution in [2.75, 3.05) is 10.6 Å². The van der Waals surface area contributed by atoms with E-state index in [0.717, 1.165) is 17.8 Å². The van der Waals surface area contributed by atoms with Crippen LogP contribution in [0.5, 0.6) is 0 Å². The maximum atomic E-state index is 12.3. The topological polar surface area (TPSA) is 69.8 Å². The Kier molecular flexibility index (Phi) is 4.40. The normalized spacial score (nSPS) is 10.6. The molecule has 1 heterocycles. The summed E-state index contributed by atoms with van der Waals surface area (Å²) in [6, 6.07) is 9.56. The van der Waals surface area contributed by atoms with Gasteiger partial charge in [0, 0.05) is 23.5 Å². The Hall–Kier alpha value is -2.30. The molecule has 0 unspecified atom stereocenters. The number of anilines is 2. The number of carbonyl (C=O) groups is 1. The van der Waals surface area contributed by atoms with E-state index in [0.29, 0.717) is 11.4 Å². The number of para-hydroxylation sites is 1. The molecule has 106 valence electrons. The molecule has 1 aromatic carbocycles. The number of rotatable bonds is 5. The average Bonchev–Trinajstić information content (AvgIpc) is 2.86. The highest BCUT2D eigenvalue weighted by Crippen LogP contribution is 2.18. The molecule has 0 fully saturated rings. The van der Waals surface area contributed by atoms with Gasteiger partial charge in [-0.05, 0) is 32.4 Å². The number of aryl methyl sites for hydroxylation is 1. The van der Waals surface area contributed by atoms with Crippen molar-refractivity contribution in [3.8, 4) is 0 Å². The van der Waals surface area contributed by atoms with Crippen LogP contribution in [0.1, 0.15) is 36.8 Å². The Morgan fingerprint density at radius 2 is 2.10 bits per heavy atom. The standard InChI is InChI=1S/C15H20N4O/c1-4-11-9-14(19-18-11)17-15(20)12-7-5-6-8-13(12)16-10(2)3/h5-10,16H,4H2,1-3H3,(H2,17,18,19,20). The van der Waals surface area contributed by atoms with Crippen molar-refractivity contribution in [3.63, 3.8) is 0 Å². The second kappa shape index (κ2) is 6.23. The molecule has 5 nitrogen and oxygen atoms in total. The number of hydrogen-bond acceptors (Lipinski definition) is 3. The Balaban J connectivity index is 2.16. The van der Waals surface area contributed by atoms with Crippen LogP contribution < -0.4 is 10.6 Å². The molecular formula is C15H20N4O. The molecule has 0 radical (unpaired) electrons. The number of amides is 1. The van der Waals surface area contributed by atoms with Gasteiger partial charge in [-0.25, -0.2) is 0 Å². The number of nitrogens with one attached hydrogen (secondary N) is 3. The molecule has 0 aliphatic carbocycles. The van der Waals surface area contributed by atoms with Crippen molar-refractivity contribution in [1.29, 1.82) is 0 Å². The lowest BCUT2D eigenvalue weighted by atomic mass is 10.1. The van der Waals surface area contributed by atoms with Crippen LogP contribution in [0.3, 0.4) is 0 Å². The van der Waals surface area contributed by atoms with Crippen molar-refractivity contribution in [2.45, 2.75) is 33.2 Å². The highest BCUT2D eigenvalue weighted by molar-refractivity contribution is 6.07. The lowest BCUT2D eigenvalue weighted by molar-refractivity contribution is 0.102. The predicted molar refractivity (Wildman–Crippen MR) is 81.1 cm³/mol. The number of aromatic amines is 1. The quantitative estimate of drug-likeness (QED) is 0.783. The molecule has 0 saturated heterocycles. The van der Waals surface area contributed by atoms with Crippen molar-refractivity contribution in [2.24, 2.45) is 0 Å². The molecule has 0 atom stereocenters. The number of H-pyrrole nitrogens is 1. The zero-order valence-electron chi connectivity index (χ0n) is 12.0. The molecule has 2 rings (SSSR count). The zero-order chi connectivity index (χ0) is 14.5. The molecule has 1 aromatic heterocycles. The Morgan fingerprint density at radius 1 is 1.35 bits per heavy atom. The summed E-state index contributed by atoms with van der Waals surface area (Å²) >= 11 is 0. The molecule has 0 spiro atoms. The highest BCUT2D eigenvalue weighted by atomic mass is 16.1. The number of hydrogen-bond donors (Lipinski definition) is 3. The molecular weight excluding hydrogens is 252 g/mol. The van der Waals surface area contributed by atoms with Gasteiger partial charge in [0.15, 0.2) is 5.82 Å². The first-order valence-electron chi connectivity index (χ1n) is 6.81. The van der Waals surface area contributed by atoms with E-state index in [4.69, 9.17) is 0 Å². The summed E-state index contributed by atoms with van der Waals surface area (Å²) in [6.45, 7) is 6.10. The van der Waals surface area contributed by atoms with Gasteiger partial charge in [0.05, 0.1) is 5.56 Å². The zero-order valence-corrected chi connectivity index (χ0v) is 12.0. The Labute approximate surface area is 118 Å². The Bertz CT molecular complexity index is 589. The van der Waals surface area contributed by atoms with Gasteiger partial charge < -0.3 is 10.6 Å². The largest absolute Gasteiger partial charge is 0.382 e. The van der Waals surface area contributed by atoms with Crippen molar-refractivity contribution in [1.82, 2.24) is 10.2 Å². The number of carbonyl (C=O) groups excluding carboxylic acids is 1. The number of aromatic nitrogens is 2. The third-order valence-electron chi connectivity index (χ3n) is 2.87. The summed E-state index contributed by atoms with van der Waals surface area (Å²) in [6.07, 6.45) is 0.856. The fraction of sp³-hybridized carbons (Fsp3) is 0.333. The van der Waals surface area contributed by atoms with E-state index in [-0.39, 0.29) is 11.9 Å². The van der Waals surface area contributed by atoms with E-state index in [1.54, 1.807) is 6.07 Å². The maximum absolute atomic E-state index is 12.3. The summed E-state index contributed by atoms with van der Waals surface area (Å²) in [5.41, 5.74) is 2.43. The van der Waals surface area contributed by atoms with Gasteiger partial charge in [-0.3, -0.25) is 9.89 Å². The third-order valence-corrected chi connectivity index (χ3v) is 2.87. The monoisotopic (exact) mass is 272 g/mol. The minimum atomic E-state index is -0.164. The van der Waals surface area contributed by atoms with Gasteiger partial charge in [0.25, 0.3) is 5.91 Å². The van der Waals surface area contributed by atoms with Crippen LogP contribution in [-0.2, 0) is 6.42 Å². The summed E-state index contributed by atoms with van der Waals surface area (Å²) in [7, 11) is 0. The molecule has 5 heteroatoms. The highest BCUT2D eigenvalue weighted by Gasteiger charge is 2.13. The molecule has 3 N–H and O–H groups in total. The first-order valence-corrected chi connectivity index (χ1v) is 6.81. The van der Waals surface area contributed by atoms with Crippen molar-refractivity contribution in [3.05, 3.63) is 41.6 Å². The van der Waals surface area contributed by atoms with Crippen LogP contribution >= 0.6 is 0 Å². The van der Waals surface area contributed by atoms with Crippen molar-refractivity contribution < 1.29 is 4.79 Å². The lowest BCUT2D eigenvalue weighted by Gasteiger charge is -2.13. The molecule has 0 aliphatic rings. The summed E-state index contributed by atoms with van der Waals surface area (Å²) < 4.78 is 0. The van der Waals surface area contributed by atoms with Crippen LogP contribution in [-0.4, -0.2) is 22.1 Å². The summed E-state index contributed by atoms with van der Waals surface area (Å²) in [5.74, 6) is 0.383. The fourth-order valence-corrected chi connectivity index (χ4v) is 1.91. The van der Waals surface area contributed by atoms with E-state index in [2.05, 4.69) is 20.8 Å². The van der Waals surface area contributed by atoms with E-state index < -0.39 is 0 Å². The van der Waals surface area contributed by atoms with Crippen molar-refractivity contribution >= 4 is 17.4 Å². The predicted octanol–water partition coefficient (Wildman–Crippen LogP) is 3.04. The van der Waals surface area contributed by atoms with Crippen LogP contribution in [0.15, 0.2) is 30.3 Å². The second-order valence-electron chi connectivity index (χ2n) is 4.93. The first kappa shape index (κ1) is 14.1. The van der Waals surface area contributed by atoms with E-state index >= 15 is 0 Å². The minimum absolute atomic E-state index is 0.164. The van der Waals surface area contributed by atoms with E-state index in [9.17, 15) is 4.79 Å². The molecule has 0 saturated carbocycles. The average molecular weight is 272 g/mol. The van der Waals surface area contributed by atoms with Gasteiger partial charge in [0.2, 0.25) is 0 Å². The lowest BCUT2D eigenvalue weighted by Crippen LogP contribution is -2.17. The second-order valence-corrected chi connectivity index (χ2v) is 4.93. The minimum Gasteiger partial charge on any atom is -0.382 e. The molecule has 0 bridgehead atoms. The smallest absolute Gasteiger partial charge is 0.258 e. The first-order chi connectivity index (χ1) is 9.60. The number of benzene rings is 1.